The first-order valence-electron chi connectivity index (χ1n) is 7.98. The summed E-state index contributed by atoms with van der Waals surface area (Å²) in [5.41, 5.74) is 0. The maximum Gasteiger partial charge on any atom is 0.0198 e. The molecule has 1 N–H and O–H groups in total. The highest BCUT2D eigenvalue weighted by molar-refractivity contribution is 4.84. The summed E-state index contributed by atoms with van der Waals surface area (Å²) in [6.07, 6.45) is 3.95. The highest BCUT2D eigenvalue weighted by Gasteiger charge is 2.28. The normalized spacial score (nSPS) is 26.2. The van der Waals surface area contributed by atoms with E-state index in [-0.39, 0.29) is 0 Å². The molecule has 2 unspecified atom stereocenters. The lowest BCUT2D eigenvalue weighted by atomic mass is 9.85. The first-order valence-corrected chi connectivity index (χ1v) is 7.98. The molecule has 1 rings (SSSR count). The summed E-state index contributed by atoms with van der Waals surface area (Å²) >= 11 is 0. The lowest BCUT2D eigenvalue weighted by molar-refractivity contribution is 0.115. The van der Waals surface area contributed by atoms with Gasteiger partial charge >= 0.3 is 0 Å². The molecule has 1 fully saturated rings. The van der Waals surface area contributed by atoms with Crippen LogP contribution in [0.2, 0.25) is 0 Å². The average Bonchev–Trinajstić information content (AvgIpc) is 2.28. The number of nitrogens with zero attached hydrogens (tertiary/aromatic N) is 1. The SMILES string of the molecule is CCCN1CC(NCCC(C)C)CC(C(C)C)C1. The van der Waals surface area contributed by atoms with E-state index in [0.29, 0.717) is 0 Å². The lowest BCUT2D eigenvalue weighted by Crippen LogP contribution is -2.50. The van der Waals surface area contributed by atoms with Crippen LogP contribution in [0.25, 0.3) is 0 Å². The van der Waals surface area contributed by atoms with Gasteiger partial charge in [-0.2, -0.15) is 0 Å². The van der Waals surface area contributed by atoms with Gasteiger partial charge in [-0.25, -0.2) is 0 Å². The minimum Gasteiger partial charge on any atom is -0.313 e. The van der Waals surface area contributed by atoms with Gasteiger partial charge in [-0.05, 0) is 50.1 Å². The van der Waals surface area contributed by atoms with Crippen LogP contribution >= 0.6 is 0 Å². The maximum absolute atomic E-state index is 3.78. The molecule has 18 heavy (non-hydrogen) atoms. The molecule has 2 heteroatoms. The standard InChI is InChI=1S/C16H34N2/c1-6-9-18-11-15(14(4)5)10-16(12-18)17-8-7-13(2)3/h13-17H,6-12H2,1-5H3. The van der Waals surface area contributed by atoms with E-state index in [9.17, 15) is 0 Å². The predicted octanol–water partition coefficient (Wildman–Crippen LogP) is 3.38. The van der Waals surface area contributed by atoms with Gasteiger partial charge < -0.3 is 10.2 Å². The second-order valence-corrected chi connectivity index (χ2v) is 6.83. The molecule has 2 nitrogen and oxygen atoms in total. The van der Waals surface area contributed by atoms with Crippen molar-refractivity contribution in [3.63, 3.8) is 0 Å². The smallest absolute Gasteiger partial charge is 0.0198 e. The molecule has 108 valence electrons. The zero-order chi connectivity index (χ0) is 13.5. The van der Waals surface area contributed by atoms with Crippen LogP contribution in [-0.4, -0.2) is 37.1 Å². The summed E-state index contributed by atoms with van der Waals surface area (Å²) in [6.45, 7) is 16.7. The summed E-state index contributed by atoms with van der Waals surface area (Å²) in [6, 6.07) is 0.719. The van der Waals surface area contributed by atoms with Gasteiger partial charge in [0.2, 0.25) is 0 Å². The Labute approximate surface area is 115 Å². The van der Waals surface area contributed by atoms with Crippen molar-refractivity contribution in [2.45, 2.75) is 59.9 Å². The molecule has 0 bridgehead atoms. The van der Waals surface area contributed by atoms with E-state index in [1.165, 1.54) is 45.4 Å². The van der Waals surface area contributed by atoms with Gasteiger partial charge in [-0.15, -0.1) is 0 Å². The number of hydrogen-bond acceptors (Lipinski definition) is 2. The quantitative estimate of drug-likeness (QED) is 0.749. The van der Waals surface area contributed by atoms with E-state index in [4.69, 9.17) is 0 Å². The molecule has 0 radical (unpaired) electrons. The van der Waals surface area contributed by atoms with Crippen molar-refractivity contribution >= 4 is 0 Å². The second-order valence-electron chi connectivity index (χ2n) is 6.83. The van der Waals surface area contributed by atoms with Gasteiger partial charge in [0, 0.05) is 19.1 Å². The van der Waals surface area contributed by atoms with Gasteiger partial charge in [-0.1, -0.05) is 34.6 Å². The third-order valence-electron chi connectivity index (χ3n) is 4.20. The fraction of sp³-hybridized carbons (Fsp3) is 1.00. The van der Waals surface area contributed by atoms with Crippen molar-refractivity contribution in [3.8, 4) is 0 Å². The van der Waals surface area contributed by atoms with Crippen molar-refractivity contribution in [1.29, 1.82) is 0 Å². The molecule has 1 aliphatic heterocycles. The third-order valence-corrected chi connectivity index (χ3v) is 4.20. The van der Waals surface area contributed by atoms with Crippen LogP contribution < -0.4 is 5.32 Å². The van der Waals surface area contributed by atoms with Crippen molar-refractivity contribution < 1.29 is 0 Å². The van der Waals surface area contributed by atoms with E-state index in [1.807, 2.05) is 0 Å². The molecule has 0 saturated carbocycles. The van der Waals surface area contributed by atoms with Crippen molar-refractivity contribution in [1.82, 2.24) is 10.2 Å². The van der Waals surface area contributed by atoms with E-state index >= 15 is 0 Å². The monoisotopic (exact) mass is 254 g/mol. The number of likely N-dealkylation sites (tertiary alicyclic amines) is 1. The highest BCUT2D eigenvalue weighted by Crippen LogP contribution is 2.24. The van der Waals surface area contributed by atoms with E-state index < -0.39 is 0 Å². The van der Waals surface area contributed by atoms with Crippen LogP contribution in [0.1, 0.15) is 53.9 Å². The topological polar surface area (TPSA) is 15.3 Å². The molecule has 0 spiro atoms. The second kappa shape index (κ2) is 8.16. The Kier molecular flexibility index (Phi) is 7.25. The van der Waals surface area contributed by atoms with Crippen LogP contribution in [0.3, 0.4) is 0 Å². The number of hydrogen-bond donors (Lipinski definition) is 1. The fourth-order valence-corrected chi connectivity index (χ4v) is 2.94. The summed E-state index contributed by atoms with van der Waals surface area (Å²) in [7, 11) is 0. The van der Waals surface area contributed by atoms with Crippen LogP contribution in [0, 0.1) is 17.8 Å². The Hall–Kier alpha value is -0.0800. The Morgan fingerprint density at radius 1 is 1.17 bits per heavy atom. The summed E-state index contributed by atoms with van der Waals surface area (Å²) in [5, 5.41) is 3.78. The van der Waals surface area contributed by atoms with Crippen LogP contribution in [-0.2, 0) is 0 Å². The van der Waals surface area contributed by atoms with Gasteiger partial charge in [0.1, 0.15) is 0 Å². The summed E-state index contributed by atoms with van der Waals surface area (Å²) in [4.78, 5) is 2.67. The summed E-state index contributed by atoms with van der Waals surface area (Å²) in [5.74, 6) is 2.51. The molecule has 0 aliphatic carbocycles. The molecule has 0 amide bonds. The molecule has 2 atom stereocenters. The van der Waals surface area contributed by atoms with E-state index in [2.05, 4.69) is 44.8 Å². The number of rotatable bonds is 7. The maximum atomic E-state index is 3.78. The Balaban J connectivity index is 2.40. The Morgan fingerprint density at radius 2 is 1.89 bits per heavy atom. The van der Waals surface area contributed by atoms with Gasteiger partial charge in [-0.3, -0.25) is 0 Å². The van der Waals surface area contributed by atoms with E-state index in [0.717, 1.165) is 23.8 Å². The van der Waals surface area contributed by atoms with Gasteiger partial charge in [0.25, 0.3) is 0 Å². The molecule has 0 aromatic rings. The first kappa shape index (κ1) is 16.0. The average molecular weight is 254 g/mol. The summed E-state index contributed by atoms with van der Waals surface area (Å²) < 4.78 is 0. The van der Waals surface area contributed by atoms with Crippen molar-refractivity contribution in [2.75, 3.05) is 26.2 Å². The zero-order valence-electron chi connectivity index (χ0n) is 13.2. The number of piperidine rings is 1. The Bertz CT molecular complexity index is 213. The fourth-order valence-electron chi connectivity index (χ4n) is 2.94. The molecular formula is C16H34N2. The van der Waals surface area contributed by atoms with Crippen molar-refractivity contribution in [2.24, 2.45) is 17.8 Å². The molecule has 1 aliphatic rings. The van der Waals surface area contributed by atoms with E-state index in [1.54, 1.807) is 0 Å². The van der Waals surface area contributed by atoms with Gasteiger partial charge in [0.05, 0.1) is 0 Å². The molecule has 1 saturated heterocycles. The molecule has 0 aromatic carbocycles. The lowest BCUT2D eigenvalue weighted by Gasteiger charge is -2.40. The zero-order valence-corrected chi connectivity index (χ0v) is 13.2. The van der Waals surface area contributed by atoms with Crippen molar-refractivity contribution in [3.05, 3.63) is 0 Å². The minimum atomic E-state index is 0.719. The third kappa shape index (κ3) is 5.71. The minimum absolute atomic E-state index is 0.719. The van der Waals surface area contributed by atoms with Gasteiger partial charge in [0.15, 0.2) is 0 Å². The molecular weight excluding hydrogens is 220 g/mol. The van der Waals surface area contributed by atoms with Crippen LogP contribution in [0.4, 0.5) is 0 Å². The highest BCUT2D eigenvalue weighted by atomic mass is 15.2. The first-order chi connectivity index (χ1) is 8.52. The molecule has 1 heterocycles. The predicted molar refractivity (Wildman–Crippen MR) is 80.9 cm³/mol. The van der Waals surface area contributed by atoms with Crippen LogP contribution in [0.15, 0.2) is 0 Å². The number of nitrogens with one attached hydrogen (secondary N) is 1. The largest absolute Gasteiger partial charge is 0.313 e. The van der Waals surface area contributed by atoms with Crippen LogP contribution in [0.5, 0.6) is 0 Å². The Morgan fingerprint density at radius 3 is 2.44 bits per heavy atom. The molecule has 0 aromatic heterocycles.